The second-order valence-corrected chi connectivity index (χ2v) is 5.67. The van der Waals surface area contributed by atoms with Gasteiger partial charge in [-0.1, -0.05) is 28.8 Å². The summed E-state index contributed by atoms with van der Waals surface area (Å²) in [6.07, 6.45) is 6.81. The maximum Gasteiger partial charge on any atom is 0.132 e. The number of hydrogen-bond acceptors (Lipinski definition) is 3. The van der Waals surface area contributed by atoms with Crippen LogP contribution in [0.2, 0.25) is 0 Å². The summed E-state index contributed by atoms with van der Waals surface area (Å²) in [5, 5.41) is 0. The molecular formula is C12H18BrN3. The van der Waals surface area contributed by atoms with Crippen LogP contribution in [0.3, 0.4) is 0 Å². The van der Waals surface area contributed by atoms with Crippen molar-refractivity contribution >= 4 is 21.7 Å². The van der Waals surface area contributed by atoms with E-state index >= 15 is 0 Å². The Morgan fingerprint density at radius 3 is 2.75 bits per heavy atom. The van der Waals surface area contributed by atoms with Gasteiger partial charge in [-0.2, -0.15) is 0 Å². The summed E-state index contributed by atoms with van der Waals surface area (Å²) < 4.78 is 0. The molecule has 1 heterocycles. The van der Waals surface area contributed by atoms with Crippen LogP contribution in [0.25, 0.3) is 0 Å². The molecule has 0 N–H and O–H groups in total. The summed E-state index contributed by atoms with van der Waals surface area (Å²) in [6.45, 7) is 2.01. The monoisotopic (exact) mass is 283 g/mol. The van der Waals surface area contributed by atoms with E-state index in [4.69, 9.17) is 0 Å². The van der Waals surface area contributed by atoms with Gasteiger partial charge in [0.15, 0.2) is 0 Å². The second-order valence-electron chi connectivity index (χ2n) is 4.50. The van der Waals surface area contributed by atoms with Gasteiger partial charge in [0, 0.05) is 29.7 Å². The fraction of sp³-hybridized carbons (Fsp3) is 0.667. The fourth-order valence-corrected chi connectivity index (χ4v) is 3.25. The third-order valence-corrected chi connectivity index (χ3v) is 4.36. The number of nitrogens with zero attached hydrogens (tertiary/aromatic N) is 3. The molecule has 2 unspecified atom stereocenters. The van der Waals surface area contributed by atoms with E-state index in [1.807, 2.05) is 13.0 Å². The summed E-state index contributed by atoms with van der Waals surface area (Å²) in [5.74, 6) is 1.03. The molecule has 1 aliphatic carbocycles. The maximum absolute atomic E-state index is 4.34. The van der Waals surface area contributed by atoms with E-state index in [2.05, 4.69) is 37.8 Å². The van der Waals surface area contributed by atoms with Gasteiger partial charge in [0.05, 0.1) is 0 Å². The van der Waals surface area contributed by atoms with Gasteiger partial charge in [0.25, 0.3) is 0 Å². The Morgan fingerprint density at radius 1 is 1.31 bits per heavy atom. The van der Waals surface area contributed by atoms with E-state index in [1.54, 1.807) is 6.33 Å². The Balaban J connectivity index is 2.14. The summed E-state index contributed by atoms with van der Waals surface area (Å²) in [4.78, 5) is 11.3. The smallest absolute Gasteiger partial charge is 0.132 e. The topological polar surface area (TPSA) is 29.0 Å². The molecule has 1 saturated carbocycles. The van der Waals surface area contributed by atoms with Crippen molar-refractivity contribution in [3.63, 3.8) is 0 Å². The van der Waals surface area contributed by atoms with Crippen LogP contribution in [0.1, 0.15) is 31.4 Å². The first-order valence-corrected chi connectivity index (χ1v) is 6.75. The van der Waals surface area contributed by atoms with Crippen LogP contribution < -0.4 is 4.90 Å². The number of aryl methyl sites for hydroxylation is 1. The van der Waals surface area contributed by atoms with Crippen molar-refractivity contribution in [1.82, 2.24) is 9.97 Å². The molecule has 4 heteroatoms. The lowest BCUT2D eigenvalue weighted by Gasteiger charge is -2.35. The maximum atomic E-state index is 4.34. The van der Waals surface area contributed by atoms with E-state index in [-0.39, 0.29) is 0 Å². The quantitative estimate of drug-likeness (QED) is 0.782. The normalized spacial score (nSPS) is 25.4. The van der Waals surface area contributed by atoms with Crippen LogP contribution >= 0.6 is 15.9 Å². The molecule has 1 aromatic rings. The van der Waals surface area contributed by atoms with Gasteiger partial charge >= 0.3 is 0 Å². The largest absolute Gasteiger partial charge is 0.355 e. The molecule has 3 nitrogen and oxygen atoms in total. The molecular weight excluding hydrogens is 266 g/mol. The Bertz CT molecular complexity index is 356. The molecule has 1 fully saturated rings. The lowest BCUT2D eigenvalue weighted by Crippen LogP contribution is -2.41. The van der Waals surface area contributed by atoms with Crippen LogP contribution in [0.5, 0.6) is 0 Å². The van der Waals surface area contributed by atoms with E-state index in [0.29, 0.717) is 10.9 Å². The summed E-state index contributed by atoms with van der Waals surface area (Å²) >= 11 is 3.79. The summed E-state index contributed by atoms with van der Waals surface area (Å²) in [5.41, 5.74) is 1.03. The third kappa shape index (κ3) is 2.54. The number of hydrogen-bond donors (Lipinski definition) is 0. The molecule has 88 valence electrons. The number of alkyl halides is 1. The molecule has 0 aromatic carbocycles. The van der Waals surface area contributed by atoms with Gasteiger partial charge in [-0.3, -0.25) is 0 Å². The molecule has 0 aliphatic heterocycles. The van der Waals surface area contributed by atoms with E-state index in [9.17, 15) is 0 Å². The van der Waals surface area contributed by atoms with Crippen molar-refractivity contribution < 1.29 is 0 Å². The van der Waals surface area contributed by atoms with Crippen molar-refractivity contribution in [2.75, 3.05) is 11.9 Å². The molecule has 1 aromatic heterocycles. The van der Waals surface area contributed by atoms with Gasteiger partial charge < -0.3 is 4.90 Å². The van der Waals surface area contributed by atoms with E-state index in [0.717, 1.165) is 11.5 Å². The minimum atomic E-state index is 0.558. The van der Waals surface area contributed by atoms with Crippen molar-refractivity contribution in [3.8, 4) is 0 Å². The summed E-state index contributed by atoms with van der Waals surface area (Å²) in [6, 6.07) is 2.61. The van der Waals surface area contributed by atoms with Crippen molar-refractivity contribution in [1.29, 1.82) is 0 Å². The number of halogens is 1. The average molecular weight is 284 g/mol. The van der Waals surface area contributed by atoms with E-state index < -0.39 is 0 Å². The molecule has 0 radical (unpaired) electrons. The third-order valence-electron chi connectivity index (χ3n) is 3.30. The second kappa shape index (κ2) is 5.13. The first kappa shape index (κ1) is 11.8. The molecule has 0 saturated heterocycles. The van der Waals surface area contributed by atoms with Gasteiger partial charge in [-0.05, 0) is 19.8 Å². The SMILES string of the molecule is Cc1cc(N(C)C2CCCCC2Br)ncn1. The van der Waals surface area contributed by atoms with Gasteiger partial charge in [-0.15, -0.1) is 0 Å². The predicted octanol–water partition coefficient (Wildman–Crippen LogP) is 2.93. The highest BCUT2D eigenvalue weighted by Crippen LogP contribution is 2.29. The van der Waals surface area contributed by atoms with Crippen molar-refractivity contribution in [2.45, 2.75) is 43.5 Å². The van der Waals surface area contributed by atoms with Crippen molar-refractivity contribution in [2.24, 2.45) is 0 Å². The molecule has 0 spiro atoms. The Labute approximate surface area is 105 Å². The molecule has 0 bridgehead atoms. The standard InChI is InChI=1S/C12H18BrN3/c1-9-7-12(15-8-14-9)16(2)11-6-4-3-5-10(11)13/h7-8,10-11H,3-6H2,1-2H3. The average Bonchev–Trinajstić information content (AvgIpc) is 2.29. The summed E-state index contributed by atoms with van der Waals surface area (Å²) in [7, 11) is 2.13. The van der Waals surface area contributed by atoms with Crippen molar-refractivity contribution in [3.05, 3.63) is 18.1 Å². The molecule has 2 rings (SSSR count). The highest BCUT2D eigenvalue weighted by molar-refractivity contribution is 9.09. The van der Waals surface area contributed by atoms with Gasteiger partial charge in [0.2, 0.25) is 0 Å². The van der Waals surface area contributed by atoms with Crippen LogP contribution in [0.4, 0.5) is 5.82 Å². The highest BCUT2D eigenvalue weighted by Gasteiger charge is 2.26. The number of aromatic nitrogens is 2. The first-order chi connectivity index (χ1) is 7.68. The first-order valence-electron chi connectivity index (χ1n) is 5.84. The van der Waals surface area contributed by atoms with Crippen LogP contribution in [-0.4, -0.2) is 27.9 Å². The zero-order valence-corrected chi connectivity index (χ0v) is 11.4. The predicted molar refractivity (Wildman–Crippen MR) is 70.1 cm³/mol. The number of rotatable bonds is 2. The van der Waals surface area contributed by atoms with Gasteiger partial charge in [0.1, 0.15) is 12.1 Å². The minimum absolute atomic E-state index is 0.558. The zero-order chi connectivity index (χ0) is 11.5. The van der Waals surface area contributed by atoms with Gasteiger partial charge in [-0.25, -0.2) is 9.97 Å². The minimum Gasteiger partial charge on any atom is -0.355 e. The number of anilines is 1. The highest BCUT2D eigenvalue weighted by atomic mass is 79.9. The Morgan fingerprint density at radius 2 is 2.06 bits per heavy atom. The lowest BCUT2D eigenvalue weighted by atomic mass is 9.94. The lowest BCUT2D eigenvalue weighted by molar-refractivity contribution is 0.442. The van der Waals surface area contributed by atoms with Crippen LogP contribution in [-0.2, 0) is 0 Å². The Kier molecular flexibility index (Phi) is 3.79. The zero-order valence-electron chi connectivity index (χ0n) is 9.86. The molecule has 0 amide bonds. The fourth-order valence-electron chi connectivity index (χ4n) is 2.31. The Hall–Kier alpha value is -0.640. The van der Waals surface area contributed by atoms with Crippen LogP contribution in [0.15, 0.2) is 12.4 Å². The molecule has 16 heavy (non-hydrogen) atoms. The van der Waals surface area contributed by atoms with Crippen LogP contribution in [0, 0.1) is 6.92 Å². The molecule has 2 atom stereocenters. The molecule has 1 aliphatic rings. The van der Waals surface area contributed by atoms with E-state index in [1.165, 1.54) is 25.7 Å².